The standard InChI is InChI=1S/C20H21BrN2O10S/c1-10-4-6-13(7-5-10)34(28,29)33-16-15(9-30-11(2)24)32-19(17(16)31-12(3)25)23-8-14(21)18(26)22-20(23)27/h4-8,15-17,19H,9H2,1-3H3,(H,22,26,27)/t15-,16+,17-,19-/m1/s1. The highest BCUT2D eigenvalue weighted by Gasteiger charge is 2.51. The largest absolute Gasteiger partial charge is 0.463 e. The van der Waals surface area contributed by atoms with Gasteiger partial charge in [-0.25, -0.2) is 4.79 Å². The van der Waals surface area contributed by atoms with Crippen molar-refractivity contribution in [3.05, 3.63) is 61.3 Å². The Balaban J connectivity index is 2.06. The molecule has 1 saturated heterocycles. The number of aromatic amines is 1. The summed E-state index contributed by atoms with van der Waals surface area (Å²) in [4.78, 5) is 49.3. The molecule has 1 aliphatic heterocycles. The van der Waals surface area contributed by atoms with Gasteiger partial charge >= 0.3 is 17.6 Å². The Hall–Kier alpha value is -2.81. The van der Waals surface area contributed by atoms with Crippen LogP contribution in [0.1, 0.15) is 25.6 Å². The van der Waals surface area contributed by atoms with Crippen LogP contribution >= 0.6 is 15.9 Å². The lowest BCUT2D eigenvalue weighted by Gasteiger charge is -2.24. The zero-order valence-corrected chi connectivity index (χ0v) is 20.6. The molecule has 34 heavy (non-hydrogen) atoms. The highest BCUT2D eigenvalue weighted by atomic mass is 79.9. The number of carbonyl (C=O) groups excluding carboxylic acids is 2. The van der Waals surface area contributed by atoms with E-state index in [0.717, 1.165) is 30.2 Å². The Morgan fingerprint density at radius 2 is 1.76 bits per heavy atom. The van der Waals surface area contributed by atoms with Gasteiger partial charge in [0.25, 0.3) is 15.7 Å². The first-order valence-corrected chi connectivity index (χ1v) is 12.1. The Morgan fingerprint density at radius 3 is 2.35 bits per heavy atom. The topological polar surface area (TPSA) is 160 Å². The molecular formula is C20H21BrN2O10S. The second-order valence-corrected chi connectivity index (χ2v) is 9.84. The summed E-state index contributed by atoms with van der Waals surface area (Å²) in [5.41, 5.74) is -0.810. The molecule has 2 heterocycles. The van der Waals surface area contributed by atoms with Crippen LogP contribution in [0.5, 0.6) is 0 Å². The van der Waals surface area contributed by atoms with Gasteiger partial charge in [-0.05, 0) is 35.0 Å². The molecule has 0 amide bonds. The molecule has 14 heteroatoms. The number of ether oxygens (including phenoxy) is 3. The van der Waals surface area contributed by atoms with Crippen molar-refractivity contribution in [3.8, 4) is 0 Å². The Bertz CT molecular complexity index is 1300. The van der Waals surface area contributed by atoms with E-state index in [1.165, 1.54) is 12.1 Å². The van der Waals surface area contributed by atoms with E-state index < -0.39 is 64.5 Å². The SMILES string of the molecule is CC(=O)OC[C@H]1O[C@@H](n2cc(Br)c(=O)[nH]c2=O)[C@H](OC(C)=O)[C@H]1OS(=O)(=O)c1ccc(C)cc1. The van der Waals surface area contributed by atoms with Gasteiger partial charge in [-0.1, -0.05) is 17.7 Å². The molecule has 0 saturated carbocycles. The minimum Gasteiger partial charge on any atom is -0.463 e. The molecule has 1 aliphatic rings. The van der Waals surface area contributed by atoms with Crippen LogP contribution in [-0.2, 0) is 38.1 Å². The fourth-order valence-corrected chi connectivity index (χ4v) is 4.68. The molecule has 2 aromatic rings. The summed E-state index contributed by atoms with van der Waals surface area (Å²) in [5, 5.41) is 0. The number of aromatic nitrogens is 2. The van der Waals surface area contributed by atoms with Crippen molar-refractivity contribution >= 4 is 38.0 Å². The molecule has 1 fully saturated rings. The number of hydrogen-bond donors (Lipinski definition) is 1. The average Bonchev–Trinajstić information content (AvgIpc) is 3.05. The maximum Gasteiger partial charge on any atom is 0.330 e. The summed E-state index contributed by atoms with van der Waals surface area (Å²) in [5.74, 6) is -1.50. The highest BCUT2D eigenvalue weighted by Crippen LogP contribution is 2.35. The van der Waals surface area contributed by atoms with E-state index >= 15 is 0 Å². The normalized spacial score (nSPS) is 22.4. The number of nitrogens with zero attached hydrogens (tertiary/aromatic N) is 1. The summed E-state index contributed by atoms with van der Waals surface area (Å²) in [6, 6.07) is 5.82. The highest BCUT2D eigenvalue weighted by molar-refractivity contribution is 9.10. The first-order valence-electron chi connectivity index (χ1n) is 9.86. The number of rotatable bonds is 7. The van der Waals surface area contributed by atoms with Crippen molar-refractivity contribution in [3.63, 3.8) is 0 Å². The number of aryl methyl sites for hydroxylation is 1. The molecule has 0 spiro atoms. The van der Waals surface area contributed by atoms with Crippen LogP contribution in [0.15, 0.2) is 49.4 Å². The van der Waals surface area contributed by atoms with Crippen LogP contribution in [0.25, 0.3) is 0 Å². The molecule has 1 N–H and O–H groups in total. The maximum atomic E-state index is 13.0. The number of halogens is 1. The van der Waals surface area contributed by atoms with Crippen molar-refractivity contribution < 1.29 is 36.4 Å². The summed E-state index contributed by atoms with van der Waals surface area (Å²) in [6.07, 6.45) is -4.53. The van der Waals surface area contributed by atoms with Crippen LogP contribution in [0.2, 0.25) is 0 Å². The van der Waals surface area contributed by atoms with E-state index in [1.54, 1.807) is 19.1 Å². The van der Waals surface area contributed by atoms with E-state index in [2.05, 4.69) is 20.9 Å². The predicted molar refractivity (Wildman–Crippen MR) is 118 cm³/mol. The maximum absolute atomic E-state index is 13.0. The minimum atomic E-state index is -4.40. The molecule has 4 atom stereocenters. The fourth-order valence-electron chi connectivity index (χ4n) is 3.26. The number of esters is 2. The third-order valence-corrected chi connectivity index (χ3v) is 6.67. The molecule has 0 unspecified atom stereocenters. The van der Waals surface area contributed by atoms with Gasteiger partial charge < -0.3 is 14.2 Å². The number of benzene rings is 1. The van der Waals surface area contributed by atoms with Gasteiger partial charge in [0.15, 0.2) is 12.3 Å². The van der Waals surface area contributed by atoms with Crippen molar-refractivity contribution in [2.45, 2.75) is 50.2 Å². The molecule has 0 radical (unpaired) electrons. The number of nitrogens with one attached hydrogen (secondary N) is 1. The lowest BCUT2D eigenvalue weighted by atomic mass is 10.1. The van der Waals surface area contributed by atoms with Gasteiger partial charge in [-0.2, -0.15) is 8.42 Å². The van der Waals surface area contributed by atoms with Crippen LogP contribution in [0.3, 0.4) is 0 Å². The molecule has 0 bridgehead atoms. The first-order chi connectivity index (χ1) is 15.9. The smallest absolute Gasteiger partial charge is 0.330 e. The fraction of sp³-hybridized carbons (Fsp3) is 0.400. The Labute approximate surface area is 202 Å². The van der Waals surface area contributed by atoms with Crippen LogP contribution in [-0.4, -0.2) is 54.8 Å². The van der Waals surface area contributed by atoms with Crippen LogP contribution in [0.4, 0.5) is 0 Å². The minimum absolute atomic E-state index is 0.0366. The van der Waals surface area contributed by atoms with Gasteiger partial charge in [0.05, 0.1) is 9.37 Å². The van der Waals surface area contributed by atoms with E-state index in [4.69, 9.17) is 18.4 Å². The number of H-pyrrole nitrogens is 1. The van der Waals surface area contributed by atoms with E-state index in [9.17, 15) is 27.6 Å². The molecule has 1 aromatic heterocycles. The van der Waals surface area contributed by atoms with Gasteiger partial charge in [0, 0.05) is 20.0 Å². The Morgan fingerprint density at radius 1 is 1.12 bits per heavy atom. The molecular weight excluding hydrogens is 540 g/mol. The quantitative estimate of drug-likeness (QED) is 0.378. The Kier molecular flexibility index (Phi) is 7.75. The second-order valence-electron chi connectivity index (χ2n) is 7.41. The van der Waals surface area contributed by atoms with E-state index in [0.29, 0.717) is 0 Å². The molecule has 3 rings (SSSR count). The van der Waals surface area contributed by atoms with Crippen molar-refractivity contribution in [2.75, 3.05) is 6.61 Å². The van der Waals surface area contributed by atoms with Crippen molar-refractivity contribution in [1.29, 1.82) is 0 Å². The molecule has 184 valence electrons. The third kappa shape index (κ3) is 5.81. The monoisotopic (exact) mass is 560 g/mol. The third-order valence-electron chi connectivity index (χ3n) is 4.78. The lowest BCUT2D eigenvalue weighted by molar-refractivity contribution is -0.155. The molecule has 1 aromatic carbocycles. The number of hydrogen-bond acceptors (Lipinski definition) is 10. The van der Waals surface area contributed by atoms with Crippen LogP contribution in [0, 0.1) is 6.92 Å². The molecule has 0 aliphatic carbocycles. The lowest BCUT2D eigenvalue weighted by Crippen LogP contribution is -2.42. The van der Waals surface area contributed by atoms with Gasteiger partial charge in [-0.15, -0.1) is 0 Å². The summed E-state index contributed by atoms with van der Waals surface area (Å²) < 4.78 is 48.3. The second kappa shape index (κ2) is 10.2. The van der Waals surface area contributed by atoms with Gasteiger partial charge in [-0.3, -0.25) is 28.1 Å². The summed E-state index contributed by atoms with van der Waals surface area (Å²) >= 11 is 3.00. The van der Waals surface area contributed by atoms with Crippen molar-refractivity contribution in [2.24, 2.45) is 0 Å². The first kappa shape index (κ1) is 25.8. The van der Waals surface area contributed by atoms with E-state index in [-0.39, 0.29) is 9.37 Å². The zero-order valence-electron chi connectivity index (χ0n) is 18.2. The molecule has 12 nitrogen and oxygen atoms in total. The van der Waals surface area contributed by atoms with E-state index in [1.807, 2.05) is 0 Å². The zero-order chi connectivity index (χ0) is 25.2. The summed E-state index contributed by atoms with van der Waals surface area (Å²) in [6.45, 7) is 3.53. The van der Waals surface area contributed by atoms with Crippen LogP contribution < -0.4 is 11.2 Å². The number of carbonyl (C=O) groups is 2. The van der Waals surface area contributed by atoms with Crippen molar-refractivity contribution in [1.82, 2.24) is 9.55 Å². The predicted octanol–water partition coefficient (Wildman–Crippen LogP) is 0.774. The average molecular weight is 561 g/mol. The summed E-state index contributed by atoms with van der Waals surface area (Å²) in [7, 11) is -4.40. The van der Waals surface area contributed by atoms with Gasteiger partial charge in [0.2, 0.25) is 0 Å². The van der Waals surface area contributed by atoms with Gasteiger partial charge in [0.1, 0.15) is 18.8 Å².